The van der Waals surface area contributed by atoms with Crippen molar-refractivity contribution in [2.45, 2.75) is 51.9 Å². The first kappa shape index (κ1) is 25.4. The van der Waals surface area contributed by atoms with E-state index in [-0.39, 0.29) is 36.5 Å². The second-order valence-electron chi connectivity index (χ2n) is 9.42. The molecule has 0 unspecified atom stereocenters. The normalized spacial score (nSPS) is 23.6. The van der Waals surface area contributed by atoms with Gasteiger partial charge in [0.25, 0.3) is 5.91 Å². The lowest BCUT2D eigenvalue weighted by Gasteiger charge is -2.38. The van der Waals surface area contributed by atoms with Crippen molar-refractivity contribution in [3.63, 3.8) is 0 Å². The van der Waals surface area contributed by atoms with Crippen LogP contribution in [0.2, 0.25) is 0 Å². The molecule has 0 aromatic carbocycles. The van der Waals surface area contributed by atoms with Crippen LogP contribution in [0.4, 0.5) is 0 Å². The SMILES string of the molecule is C[C@H](O)C#Cc1cnc2c(c1)C(=O)N([C@H](C)CO)C[C@@H](C)[C@H](CN(C)CC1CCOCC1)O2. The molecule has 0 radical (unpaired) electrons. The van der Waals surface area contributed by atoms with E-state index in [1.54, 1.807) is 24.1 Å². The lowest BCUT2D eigenvalue weighted by atomic mass is 9.97. The molecule has 0 spiro atoms. The summed E-state index contributed by atoms with van der Waals surface area (Å²) in [6.45, 7) is 9.16. The van der Waals surface area contributed by atoms with E-state index in [2.05, 4.69) is 35.7 Å². The molecule has 3 heterocycles. The summed E-state index contributed by atoms with van der Waals surface area (Å²) in [5.74, 6) is 6.24. The Balaban J connectivity index is 1.86. The molecule has 33 heavy (non-hydrogen) atoms. The van der Waals surface area contributed by atoms with Crippen molar-refractivity contribution in [2.24, 2.45) is 11.8 Å². The zero-order valence-electron chi connectivity index (χ0n) is 20.2. The Morgan fingerprint density at radius 3 is 2.70 bits per heavy atom. The lowest BCUT2D eigenvalue weighted by Crippen LogP contribution is -2.50. The van der Waals surface area contributed by atoms with Crippen molar-refractivity contribution in [3.8, 4) is 17.7 Å². The minimum absolute atomic E-state index is 0.0461. The molecule has 2 N–H and O–H groups in total. The predicted molar refractivity (Wildman–Crippen MR) is 125 cm³/mol. The van der Waals surface area contributed by atoms with Crippen LogP contribution in [0.25, 0.3) is 0 Å². The summed E-state index contributed by atoms with van der Waals surface area (Å²) >= 11 is 0. The summed E-state index contributed by atoms with van der Waals surface area (Å²) in [5.41, 5.74) is 0.863. The Labute approximate surface area is 196 Å². The molecule has 1 aromatic heterocycles. The highest BCUT2D eigenvalue weighted by molar-refractivity contribution is 5.97. The monoisotopic (exact) mass is 459 g/mol. The fraction of sp³-hybridized carbons (Fsp3) is 0.680. The Hall–Kier alpha value is -2.18. The molecule has 0 saturated carbocycles. The second kappa shape index (κ2) is 11.8. The third-order valence-electron chi connectivity index (χ3n) is 6.35. The van der Waals surface area contributed by atoms with E-state index in [4.69, 9.17) is 9.47 Å². The summed E-state index contributed by atoms with van der Waals surface area (Å²) in [6.07, 6.45) is 2.76. The van der Waals surface area contributed by atoms with Gasteiger partial charge in [-0.25, -0.2) is 4.98 Å². The number of aliphatic hydroxyl groups is 2. The van der Waals surface area contributed by atoms with Gasteiger partial charge in [-0.3, -0.25) is 4.79 Å². The Morgan fingerprint density at radius 2 is 2.03 bits per heavy atom. The molecule has 1 aromatic rings. The van der Waals surface area contributed by atoms with Crippen molar-refractivity contribution in [1.82, 2.24) is 14.8 Å². The number of fused-ring (bicyclic) bond motifs is 1. The maximum Gasteiger partial charge on any atom is 0.259 e. The standard InChI is InChI=1S/C25H37N3O5/c1-17-13-28(18(2)16-29)25(31)22-11-21(6-5-19(3)30)12-26-24(22)33-23(17)15-27(4)14-20-7-9-32-10-8-20/h11-12,17-20,23,29-30H,7-10,13-16H2,1-4H3/t17-,18-,19+,23+/m1/s1. The zero-order valence-corrected chi connectivity index (χ0v) is 20.2. The number of aromatic nitrogens is 1. The summed E-state index contributed by atoms with van der Waals surface area (Å²) in [5, 5.41) is 19.3. The van der Waals surface area contributed by atoms with Crippen LogP contribution < -0.4 is 4.74 Å². The molecule has 8 heteroatoms. The van der Waals surface area contributed by atoms with Crippen molar-refractivity contribution in [1.29, 1.82) is 0 Å². The van der Waals surface area contributed by atoms with Gasteiger partial charge < -0.3 is 29.5 Å². The van der Waals surface area contributed by atoms with E-state index in [0.717, 1.165) is 32.6 Å². The molecule has 0 bridgehead atoms. The number of nitrogens with zero attached hydrogens (tertiary/aromatic N) is 3. The highest BCUT2D eigenvalue weighted by Gasteiger charge is 2.34. The first-order valence-corrected chi connectivity index (χ1v) is 11.8. The van der Waals surface area contributed by atoms with Gasteiger partial charge in [0.2, 0.25) is 5.88 Å². The number of carbonyl (C=O) groups excluding carboxylic acids is 1. The van der Waals surface area contributed by atoms with Gasteiger partial charge in [0.05, 0.1) is 12.6 Å². The highest BCUT2D eigenvalue weighted by Crippen LogP contribution is 2.27. The van der Waals surface area contributed by atoms with Crippen molar-refractivity contribution in [2.75, 3.05) is 46.5 Å². The van der Waals surface area contributed by atoms with Gasteiger partial charge >= 0.3 is 0 Å². The van der Waals surface area contributed by atoms with E-state index < -0.39 is 6.10 Å². The molecule has 8 nitrogen and oxygen atoms in total. The van der Waals surface area contributed by atoms with E-state index in [0.29, 0.717) is 30.1 Å². The van der Waals surface area contributed by atoms with E-state index in [1.807, 2.05) is 6.92 Å². The quantitative estimate of drug-likeness (QED) is 0.621. The van der Waals surface area contributed by atoms with E-state index >= 15 is 0 Å². The topological polar surface area (TPSA) is 95.4 Å². The minimum Gasteiger partial charge on any atom is -0.472 e. The summed E-state index contributed by atoms with van der Waals surface area (Å²) < 4.78 is 11.8. The van der Waals surface area contributed by atoms with Gasteiger partial charge in [-0.15, -0.1) is 0 Å². The first-order valence-electron chi connectivity index (χ1n) is 11.8. The Morgan fingerprint density at radius 1 is 1.30 bits per heavy atom. The third-order valence-corrected chi connectivity index (χ3v) is 6.35. The van der Waals surface area contributed by atoms with Gasteiger partial charge in [-0.2, -0.15) is 0 Å². The number of pyridine rings is 1. The molecule has 2 aliphatic rings. The molecule has 1 amide bonds. The minimum atomic E-state index is -0.777. The number of amides is 1. The maximum absolute atomic E-state index is 13.4. The summed E-state index contributed by atoms with van der Waals surface area (Å²) in [7, 11) is 2.10. The van der Waals surface area contributed by atoms with Gasteiger partial charge in [0.15, 0.2) is 0 Å². The fourth-order valence-corrected chi connectivity index (χ4v) is 4.33. The molecule has 1 fully saturated rings. The van der Waals surface area contributed by atoms with E-state index in [1.165, 1.54) is 0 Å². The molecule has 3 rings (SSSR count). The Bertz CT molecular complexity index is 859. The number of likely N-dealkylation sites (N-methyl/N-ethyl adjacent to an activating group) is 1. The van der Waals surface area contributed by atoms with Crippen molar-refractivity contribution < 1.29 is 24.5 Å². The van der Waals surface area contributed by atoms with Crippen LogP contribution in [0.3, 0.4) is 0 Å². The molecular formula is C25H37N3O5. The number of ether oxygens (including phenoxy) is 2. The highest BCUT2D eigenvalue weighted by atomic mass is 16.5. The number of aliphatic hydroxyl groups excluding tert-OH is 2. The van der Waals surface area contributed by atoms with Gasteiger partial charge in [0, 0.05) is 50.5 Å². The maximum atomic E-state index is 13.4. The van der Waals surface area contributed by atoms with Crippen LogP contribution in [-0.4, -0.2) is 95.7 Å². The van der Waals surface area contributed by atoms with Gasteiger partial charge in [-0.05, 0) is 45.7 Å². The summed E-state index contributed by atoms with van der Waals surface area (Å²) in [6, 6.07) is 1.33. The molecule has 0 aliphatic carbocycles. The van der Waals surface area contributed by atoms with Crippen molar-refractivity contribution >= 4 is 5.91 Å². The van der Waals surface area contributed by atoms with Crippen LogP contribution in [0.1, 0.15) is 49.5 Å². The average molecular weight is 460 g/mol. The van der Waals surface area contributed by atoms with E-state index in [9.17, 15) is 15.0 Å². The predicted octanol–water partition coefficient (Wildman–Crippen LogP) is 1.39. The molecular weight excluding hydrogens is 422 g/mol. The number of hydrogen-bond acceptors (Lipinski definition) is 7. The fourth-order valence-electron chi connectivity index (χ4n) is 4.33. The number of rotatable bonds is 6. The van der Waals surface area contributed by atoms with Crippen LogP contribution in [0, 0.1) is 23.7 Å². The molecule has 1 saturated heterocycles. The van der Waals surface area contributed by atoms with Crippen molar-refractivity contribution in [3.05, 3.63) is 23.4 Å². The van der Waals surface area contributed by atoms with Crippen LogP contribution >= 0.6 is 0 Å². The summed E-state index contributed by atoms with van der Waals surface area (Å²) in [4.78, 5) is 21.8. The first-order chi connectivity index (χ1) is 15.8. The number of carbonyl (C=O) groups is 1. The van der Waals surface area contributed by atoms with Crippen LogP contribution in [0.15, 0.2) is 12.3 Å². The third kappa shape index (κ3) is 6.90. The van der Waals surface area contributed by atoms with Gasteiger partial charge in [-0.1, -0.05) is 18.8 Å². The lowest BCUT2D eigenvalue weighted by molar-refractivity contribution is 0.0254. The molecule has 182 valence electrons. The molecule has 4 atom stereocenters. The smallest absolute Gasteiger partial charge is 0.259 e. The Kier molecular flexibility index (Phi) is 9.10. The zero-order chi connectivity index (χ0) is 24.0. The largest absolute Gasteiger partial charge is 0.472 e. The van der Waals surface area contributed by atoms with Gasteiger partial charge in [0.1, 0.15) is 17.8 Å². The molecule has 2 aliphatic heterocycles. The number of hydrogen-bond donors (Lipinski definition) is 2. The van der Waals surface area contributed by atoms with Crippen LogP contribution in [-0.2, 0) is 4.74 Å². The average Bonchev–Trinajstić information content (AvgIpc) is 2.80. The second-order valence-corrected chi connectivity index (χ2v) is 9.42. The van der Waals surface area contributed by atoms with Crippen LogP contribution in [0.5, 0.6) is 5.88 Å².